The summed E-state index contributed by atoms with van der Waals surface area (Å²) in [6.45, 7) is 4.38. The molecule has 0 aliphatic rings. The first-order chi connectivity index (χ1) is 10.8. The molecule has 0 saturated heterocycles. The van der Waals surface area contributed by atoms with Gasteiger partial charge in [-0.3, -0.25) is 0 Å². The van der Waals surface area contributed by atoms with Gasteiger partial charge < -0.3 is 25.1 Å². The number of phenolic OH excluding ortho intramolecular Hbond substituents is 1. The highest BCUT2D eigenvalue weighted by molar-refractivity contribution is 5.44. The number of rotatable bonds is 10. The quantitative estimate of drug-likeness (QED) is 0.640. The van der Waals surface area contributed by atoms with Gasteiger partial charge in [0.25, 0.3) is 0 Å². The van der Waals surface area contributed by atoms with Crippen LogP contribution in [-0.2, 0) is 19.6 Å². The van der Waals surface area contributed by atoms with E-state index in [0.29, 0.717) is 12.3 Å². The molecule has 23 heavy (non-hydrogen) atoms. The Morgan fingerprint density at radius 1 is 0.870 bits per heavy atom. The minimum Gasteiger partial charge on any atom is -0.507 e. The number of phenols is 1. The van der Waals surface area contributed by atoms with Gasteiger partial charge >= 0.3 is 0 Å². The summed E-state index contributed by atoms with van der Waals surface area (Å²) in [7, 11) is 12.4. The lowest BCUT2D eigenvalue weighted by Gasteiger charge is -2.18. The molecule has 2 N–H and O–H groups in total. The Hall–Kier alpha value is -1.14. The van der Waals surface area contributed by atoms with Crippen molar-refractivity contribution in [2.24, 2.45) is 0 Å². The van der Waals surface area contributed by atoms with Crippen LogP contribution < -0.4 is 5.32 Å². The second kappa shape index (κ2) is 9.88. The van der Waals surface area contributed by atoms with Gasteiger partial charge in [-0.15, -0.1) is 0 Å². The largest absolute Gasteiger partial charge is 0.507 e. The normalized spacial score (nSPS) is 11.9. The maximum Gasteiger partial charge on any atom is 0.124 e. The van der Waals surface area contributed by atoms with Gasteiger partial charge in [0.15, 0.2) is 0 Å². The highest BCUT2D eigenvalue weighted by Gasteiger charge is 2.11. The topological polar surface area (TPSA) is 42.0 Å². The number of nitrogens with one attached hydrogen (secondary N) is 1. The maximum absolute atomic E-state index is 10.6. The van der Waals surface area contributed by atoms with Gasteiger partial charge in [-0.05, 0) is 79.5 Å². The smallest absolute Gasteiger partial charge is 0.124 e. The van der Waals surface area contributed by atoms with E-state index in [1.807, 2.05) is 14.1 Å². The highest BCUT2D eigenvalue weighted by atomic mass is 16.3. The monoisotopic (exact) mass is 322 g/mol. The van der Waals surface area contributed by atoms with Gasteiger partial charge in [0.05, 0.1) is 0 Å². The molecule has 0 saturated carbocycles. The molecule has 5 heteroatoms. The minimum absolute atomic E-state index is 0.432. The zero-order valence-corrected chi connectivity index (χ0v) is 15.7. The second-order valence-corrected chi connectivity index (χ2v) is 7.07. The average molecular weight is 322 g/mol. The van der Waals surface area contributed by atoms with Gasteiger partial charge in [-0.25, -0.2) is 0 Å². The number of benzene rings is 1. The molecule has 0 bridgehead atoms. The third kappa shape index (κ3) is 7.79. The lowest BCUT2D eigenvalue weighted by molar-refractivity contribution is 0.378. The molecule has 1 rings (SSSR count). The van der Waals surface area contributed by atoms with E-state index < -0.39 is 0 Å². The molecule has 1 aromatic carbocycles. The summed E-state index contributed by atoms with van der Waals surface area (Å²) in [5, 5.41) is 14.0. The van der Waals surface area contributed by atoms with Crippen molar-refractivity contribution < 1.29 is 5.11 Å². The highest BCUT2D eigenvalue weighted by Crippen LogP contribution is 2.26. The SMILES string of the molecule is CN(C)CCCNCc1cc(CN(C)C)cc(CN(C)C)c1O. The number of hydrogen-bond acceptors (Lipinski definition) is 5. The molecule has 0 amide bonds. The van der Waals surface area contributed by atoms with Gasteiger partial charge in [-0.2, -0.15) is 0 Å². The Kier molecular flexibility index (Phi) is 8.55. The van der Waals surface area contributed by atoms with Crippen molar-refractivity contribution in [2.45, 2.75) is 26.1 Å². The van der Waals surface area contributed by atoms with Crippen LogP contribution in [0.1, 0.15) is 23.1 Å². The van der Waals surface area contributed by atoms with Crippen LogP contribution in [0.15, 0.2) is 12.1 Å². The lowest BCUT2D eigenvalue weighted by atomic mass is 10.0. The second-order valence-electron chi connectivity index (χ2n) is 7.07. The third-order valence-electron chi connectivity index (χ3n) is 3.59. The van der Waals surface area contributed by atoms with Crippen molar-refractivity contribution in [3.8, 4) is 5.75 Å². The molecule has 0 aliphatic carbocycles. The summed E-state index contributed by atoms with van der Waals surface area (Å²) >= 11 is 0. The molecule has 0 atom stereocenters. The van der Waals surface area contributed by atoms with Crippen LogP contribution in [0.4, 0.5) is 0 Å². The molecular formula is C18H34N4O. The standard InChI is InChI=1S/C18H34N4O/c1-20(2)9-7-8-19-12-16-10-15(13-21(3)4)11-17(18(16)23)14-22(5)6/h10-11,19,23H,7-9,12-14H2,1-6H3. The van der Waals surface area contributed by atoms with Crippen LogP contribution in [0.25, 0.3) is 0 Å². The third-order valence-corrected chi connectivity index (χ3v) is 3.59. The number of aromatic hydroxyl groups is 1. The number of nitrogens with zero attached hydrogens (tertiary/aromatic N) is 3. The van der Waals surface area contributed by atoms with Crippen LogP contribution in [-0.4, -0.2) is 75.2 Å². The molecule has 1 aromatic rings. The van der Waals surface area contributed by atoms with Crippen LogP contribution >= 0.6 is 0 Å². The van der Waals surface area contributed by atoms with Crippen LogP contribution in [0.5, 0.6) is 5.75 Å². The van der Waals surface area contributed by atoms with Crippen molar-refractivity contribution in [1.82, 2.24) is 20.0 Å². The van der Waals surface area contributed by atoms with E-state index in [4.69, 9.17) is 0 Å². The molecule has 132 valence electrons. The molecular weight excluding hydrogens is 288 g/mol. The van der Waals surface area contributed by atoms with Crippen molar-refractivity contribution in [3.63, 3.8) is 0 Å². The Morgan fingerprint density at radius 2 is 1.48 bits per heavy atom. The van der Waals surface area contributed by atoms with Crippen molar-refractivity contribution in [3.05, 3.63) is 28.8 Å². The maximum atomic E-state index is 10.6. The zero-order chi connectivity index (χ0) is 17.4. The molecule has 5 nitrogen and oxygen atoms in total. The molecule has 0 radical (unpaired) electrons. The minimum atomic E-state index is 0.432. The summed E-state index contributed by atoms with van der Waals surface area (Å²) in [4.78, 5) is 6.43. The predicted octanol–water partition coefficient (Wildman–Crippen LogP) is 1.56. The summed E-state index contributed by atoms with van der Waals surface area (Å²) in [6.07, 6.45) is 1.11. The van der Waals surface area contributed by atoms with Crippen molar-refractivity contribution in [1.29, 1.82) is 0 Å². The van der Waals surface area contributed by atoms with Crippen molar-refractivity contribution in [2.75, 3.05) is 55.4 Å². The van der Waals surface area contributed by atoms with Gasteiger partial charge in [0.1, 0.15) is 5.75 Å². The van der Waals surface area contributed by atoms with Gasteiger partial charge in [0.2, 0.25) is 0 Å². The summed E-state index contributed by atoms with van der Waals surface area (Å²) < 4.78 is 0. The average Bonchev–Trinajstić information content (AvgIpc) is 2.41. The van der Waals surface area contributed by atoms with Crippen LogP contribution in [0.2, 0.25) is 0 Å². The fraction of sp³-hybridized carbons (Fsp3) is 0.667. The fourth-order valence-electron chi connectivity index (χ4n) is 2.63. The van der Waals surface area contributed by atoms with E-state index in [2.05, 4.69) is 60.3 Å². The van der Waals surface area contributed by atoms with E-state index in [9.17, 15) is 5.11 Å². The van der Waals surface area contributed by atoms with Crippen molar-refractivity contribution >= 4 is 0 Å². The van der Waals surface area contributed by atoms with E-state index in [-0.39, 0.29) is 0 Å². The first kappa shape index (κ1) is 19.9. The first-order valence-corrected chi connectivity index (χ1v) is 8.28. The Morgan fingerprint density at radius 3 is 2.04 bits per heavy atom. The Labute approximate surface area is 141 Å². The summed E-state index contributed by atoms with van der Waals surface area (Å²) in [6, 6.07) is 4.23. The molecule has 0 spiro atoms. The van der Waals surface area contributed by atoms with Gasteiger partial charge in [-0.1, -0.05) is 0 Å². The summed E-state index contributed by atoms with van der Waals surface area (Å²) in [5.41, 5.74) is 3.24. The fourth-order valence-corrected chi connectivity index (χ4v) is 2.63. The molecule has 0 unspecified atom stereocenters. The molecule has 0 aromatic heterocycles. The lowest BCUT2D eigenvalue weighted by Crippen LogP contribution is -2.21. The zero-order valence-electron chi connectivity index (χ0n) is 15.7. The van der Waals surface area contributed by atoms with E-state index in [1.54, 1.807) is 0 Å². The predicted molar refractivity (Wildman–Crippen MR) is 97.8 cm³/mol. The Balaban J connectivity index is 2.78. The summed E-state index contributed by atoms with van der Waals surface area (Å²) in [5.74, 6) is 0.432. The Bertz CT molecular complexity index is 472. The number of hydrogen-bond donors (Lipinski definition) is 2. The van der Waals surface area contributed by atoms with E-state index >= 15 is 0 Å². The van der Waals surface area contributed by atoms with Crippen LogP contribution in [0, 0.1) is 0 Å². The van der Waals surface area contributed by atoms with E-state index in [1.165, 1.54) is 5.56 Å². The molecule has 0 heterocycles. The first-order valence-electron chi connectivity index (χ1n) is 8.28. The molecule has 0 fully saturated rings. The molecule has 0 aliphatic heterocycles. The van der Waals surface area contributed by atoms with Crippen LogP contribution in [0.3, 0.4) is 0 Å². The van der Waals surface area contributed by atoms with Gasteiger partial charge in [0, 0.05) is 30.8 Å². The van der Waals surface area contributed by atoms with E-state index in [0.717, 1.165) is 43.7 Å².